The molecule has 3 aromatic rings. The molecule has 0 amide bonds. The van der Waals surface area contributed by atoms with Gasteiger partial charge in [-0.1, -0.05) is 36.4 Å². The maximum atomic E-state index is 14.8. The Labute approximate surface area is 125 Å². The van der Waals surface area contributed by atoms with Crippen molar-refractivity contribution in [2.75, 3.05) is 0 Å². The summed E-state index contributed by atoms with van der Waals surface area (Å²) in [7, 11) is 0. The van der Waals surface area contributed by atoms with Gasteiger partial charge in [-0.15, -0.1) is 11.3 Å². The molecule has 0 radical (unpaired) electrons. The summed E-state index contributed by atoms with van der Waals surface area (Å²) >= 11 is 1.23. The maximum absolute atomic E-state index is 14.8. The van der Waals surface area contributed by atoms with Gasteiger partial charge in [-0.2, -0.15) is 0 Å². The lowest BCUT2D eigenvalue weighted by atomic mass is 9.97. The number of hydrogen-bond acceptors (Lipinski definition) is 1. The Bertz CT molecular complexity index is 889. The molecule has 4 rings (SSSR count). The van der Waals surface area contributed by atoms with E-state index in [2.05, 4.69) is 12.2 Å². The first-order chi connectivity index (χ1) is 10.2. The number of allylic oxidation sites excluding steroid dienone is 2. The summed E-state index contributed by atoms with van der Waals surface area (Å²) in [5.74, 6) is -0.246. The zero-order valence-corrected chi connectivity index (χ0v) is 12.4. The van der Waals surface area contributed by atoms with Crippen LogP contribution in [0.2, 0.25) is 0 Å². The number of benzene rings is 2. The predicted molar refractivity (Wildman–Crippen MR) is 85.1 cm³/mol. The van der Waals surface area contributed by atoms with Crippen LogP contribution in [0.4, 0.5) is 8.78 Å². The fourth-order valence-electron chi connectivity index (χ4n) is 3.13. The van der Waals surface area contributed by atoms with Crippen LogP contribution in [0.25, 0.3) is 20.2 Å². The molecule has 0 aliphatic heterocycles. The molecule has 1 aliphatic rings. The molecular weight excluding hydrogens is 286 g/mol. The molecule has 1 unspecified atom stereocenters. The van der Waals surface area contributed by atoms with Crippen LogP contribution in [0.3, 0.4) is 0 Å². The zero-order chi connectivity index (χ0) is 14.6. The van der Waals surface area contributed by atoms with Crippen LogP contribution in [0.1, 0.15) is 29.9 Å². The highest BCUT2D eigenvalue weighted by atomic mass is 32.1. The van der Waals surface area contributed by atoms with Crippen LogP contribution >= 0.6 is 11.3 Å². The summed E-state index contributed by atoms with van der Waals surface area (Å²) in [5.41, 5.74) is 1.34. The van der Waals surface area contributed by atoms with Crippen molar-refractivity contribution in [2.24, 2.45) is 0 Å². The molecule has 0 nitrogen and oxygen atoms in total. The van der Waals surface area contributed by atoms with Crippen LogP contribution in [0.15, 0.2) is 36.4 Å². The monoisotopic (exact) mass is 300 g/mol. The number of halogens is 2. The van der Waals surface area contributed by atoms with E-state index in [0.717, 1.165) is 29.2 Å². The molecule has 1 heterocycles. The van der Waals surface area contributed by atoms with Gasteiger partial charge in [0, 0.05) is 16.7 Å². The average molecular weight is 300 g/mol. The van der Waals surface area contributed by atoms with Crippen molar-refractivity contribution in [3.8, 4) is 0 Å². The predicted octanol–water partition coefficient (Wildman–Crippen LogP) is 6.07. The minimum atomic E-state index is -0.226. The van der Waals surface area contributed by atoms with Crippen LogP contribution in [-0.2, 0) is 0 Å². The first kappa shape index (κ1) is 13.0. The van der Waals surface area contributed by atoms with E-state index in [4.69, 9.17) is 0 Å². The molecule has 0 fully saturated rings. The lowest BCUT2D eigenvalue weighted by Gasteiger charge is -2.09. The fourth-order valence-corrected chi connectivity index (χ4v) is 4.37. The third-order valence-electron chi connectivity index (χ3n) is 4.32. The molecule has 0 bridgehead atoms. The molecular formula is C18H14F2S. The van der Waals surface area contributed by atoms with Crippen molar-refractivity contribution < 1.29 is 8.78 Å². The number of fused-ring (bicyclic) bond motifs is 3. The highest BCUT2D eigenvalue weighted by Crippen LogP contribution is 2.41. The lowest BCUT2D eigenvalue weighted by Crippen LogP contribution is -1.95. The Morgan fingerprint density at radius 2 is 1.71 bits per heavy atom. The van der Waals surface area contributed by atoms with Crippen LogP contribution < -0.4 is 0 Å². The Morgan fingerprint density at radius 3 is 2.43 bits per heavy atom. The standard InChI is InChI=1S/C18H14F2S/c1-10-6-7-13-14-9-8-12(11-4-2-3-5-11)16(20)18(14)21-17(13)15(10)19/h2,4,6-9,11H,3,5H2,1H3. The molecule has 2 aromatic carbocycles. The second-order valence-electron chi connectivity index (χ2n) is 5.63. The summed E-state index contributed by atoms with van der Waals surface area (Å²) < 4.78 is 30.2. The molecule has 106 valence electrons. The van der Waals surface area contributed by atoms with Crippen molar-refractivity contribution in [1.82, 2.24) is 0 Å². The summed E-state index contributed by atoms with van der Waals surface area (Å²) in [6, 6.07) is 7.45. The Kier molecular flexibility index (Phi) is 2.86. The van der Waals surface area contributed by atoms with E-state index in [1.165, 1.54) is 11.3 Å². The number of hydrogen-bond donors (Lipinski definition) is 0. The van der Waals surface area contributed by atoms with E-state index in [-0.39, 0.29) is 17.6 Å². The van der Waals surface area contributed by atoms with Crippen molar-refractivity contribution >= 4 is 31.5 Å². The molecule has 21 heavy (non-hydrogen) atoms. The van der Waals surface area contributed by atoms with Crippen LogP contribution in [0, 0.1) is 18.6 Å². The smallest absolute Gasteiger partial charge is 0.144 e. The van der Waals surface area contributed by atoms with E-state index < -0.39 is 0 Å². The first-order valence-electron chi connectivity index (χ1n) is 7.13. The largest absolute Gasteiger partial charge is 0.205 e. The van der Waals surface area contributed by atoms with Gasteiger partial charge in [0.05, 0.1) is 9.40 Å². The maximum Gasteiger partial charge on any atom is 0.144 e. The highest BCUT2D eigenvalue weighted by Gasteiger charge is 2.20. The van der Waals surface area contributed by atoms with E-state index in [9.17, 15) is 8.78 Å². The SMILES string of the molecule is Cc1ccc2c(sc3c(F)c(C4C=CCC4)ccc32)c1F. The molecule has 1 aliphatic carbocycles. The summed E-state index contributed by atoms with van der Waals surface area (Å²) in [4.78, 5) is 0. The number of aryl methyl sites for hydroxylation is 1. The molecule has 1 atom stereocenters. The average Bonchev–Trinajstić information content (AvgIpc) is 3.11. The first-order valence-corrected chi connectivity index (χ1v) is 7.95. The van der Waals surface area contributed by atoms with Gasteiger partial charge in [-0.05, 0) is 30.9 Å². The molecule has 0 N–H and O–H groups in total. The Hall–Kier alpha value is -1.74. The van der Waals surface area contributed by atoms with Crippen LogP contribution in [-0.4, -0.2) is 0 Å². The Balaban J connectivity index is 2.03. The number of rotatable bonds is 1. The third-order valence-corrected chi connectivity index (χ3v) is 5.53. The minimum absolute atomic E-state index is 0.159. The molecule has 0 spiro atoms. The van der Waals surface area contributed by atoms with Crippen molar-refractivity contribution in [3.05, 3.63) is 59.2 Å². The molecule has 0 saturated carbocycles. The van der Waals surface area contributed by atoms with Crippen molar-refractivity contribution in [3.63, 3.8) is 0 Å². The zero-order valence-electron chi connectivity index (χ0n) is 11.6. The summed E-state index contributed by atoms with van der Waals surface area (Å²) in [5, 5.41) is 1.63. The normalized spacial score (nSPS) is 18.1. The van der Waals surface area contributed by atoms with Crippen molar-refractivity contribution in [1.29, 1.82) is 0 Å². The lowest BCUT2D eigenvalue weighted by molar-refractivity contribution is 0.610. The van der Waals surface area contributed by atoms with E-state index >= 15 is 0 Å². The molecule has 3 heteroatoms. The minimum Gasteiger partial charge on any atom is -0.205 e. The van der Waals surface area contributed by atoms with Crippen molar-refractivity contribution in [2.45, 2.75) is 25.7 Å². The second-order valence-corrected chi connectivity index (χ2v) is 6.65. The van der Waals surface area contributed by atoms with Gasteiger partial charge >= 0.3 is 0 Å². The topological polar surface area (TPSA) is 0 Å². The van der Waals surface area contributed by atoms with Gasteiger partial charge in [-0.25, -0.2) is 8.78 Å². The van der Waals surface area contributed by atoms with Crippen LogP contribution in [0.5, 0.6) is 0 Å². The Morgan fingerprint density at radius 1 is 1.00 bits per heavy atom. The quantitative estimate of drug-likeness (QED) is 0.478. The van der Waals surface area contributed by atoms with Gasteiger partial charge in [0.1, 0.15) is 11.6 Å². The third kappa shape index (κ3) is 1.84. The van der Waals surface area contributed by atoms with E-state index in [1.54, 1.807) is 13.0 Å². The number of thiophene rings is 1. The van der Waals surface area contributed by atoms with Gasteiger partial charge in [-0.3, -0.25) is 0 Å². The van der Waals surface area contributed by atoms with Gasteiger partial charge < -0.3 is 0 Å². The van der Waals surface area contributed by atoms with E-state index in [1.807, 2.05) is 18.2 Å². The van der Waals surface area contributed by atoms with Gasteiger partial charge in [0.15, 0.2) is 0 Å². The molecule has 0 saturated heterocycles. The van der Waals surface area contributed by atoms with Gasteiger partial charge in [0.2, 0.25) is 0 Å². The summed E-state index contributed by atoms with van der Waals surface area (Å²) in [6.45, 7) is 1.74. The fraction of sp³-hybridized carbons (Fsp3) is 0.222. The summed E-state index contributed by atoms with van der Waals surface area (Å²) in [6.07, 6.45) is 6.13. The van der Waals surface area contributed by atoms with E-state index in [0.29, 0.717) is 15.0 Å². The van der Waals surface area contributed by atoms with Gasteiger partial charge in [0.25, 0.3) is 0 Å². The molecule has 1 aromatic heterocycles. The highest BCUT2D eigenvalue weighted by molar-refractivity contribution is 7.25. The second kappa shape index (κ2) is 4.63.